The Kier molecular flexibility index (Phi) is 10.1. The summed E-state index contributed by atoms with van der Waals surface area (Å²) < 4.78 is 4.82. The lowest BCUT2D eigenvalue weighted by Crippen LogP contribution is -2.24. The molecule has 20 heavy (non-hydrogen) atoms. The predicted molar refractivity (Wildman–Crippen MR) is 79.0 cm³/mol. The lowest BCUT2D eigenvalue weighted by Gasteiger charge is -2.07. The SMILES string of the molecule is COc1c(Cl)ccc(Cl)c1C(=O)O.NCCNCCO. The zero-order valence-corrected chi connectivity index (χ0v) is 12.5. The molecular weight excluding hydrogens is 307 g/mol. The van der Waals surface area contributed by atoms with Crippen LogP contribution < -0.4 is 15.8 Å². The normalized spacial score (nSPS) is 9.65. The Hall–Kier alpha value is -1.05. The number of aliphatic hydroxyl groups is 1. The predicted octanol–water partition coefficient (Wildman–Crippen LogP) is 1.23. The van der Waals surface area contributed by atoms with Crippen molar-refractivity contribution in [3.05, 3.63) is 27.7 Å². The van der Waals surface area contributed by atoms with Crippen LogP contribution >= 0.6 is 23.2 Å². The van der Waals surface area contributed by atoms with Crippen LogP contribution in [-0.4, -0.2) is 49.5 Å². The Morgan fingerprint density at radius 1 is 1.35 bits per heavy atom. The molecule has 0 fully saturated rings. The Labute approximate surface area is 127 Å². The molecule has 0 bridgehead atoms. The first-order valence-electron chi connectivity index (χ1n) is 5.76. The molecule has 0 aliphatic heterocycles. The number of benzene rings is 1. The van der Waals surface area contributed by atoms with Crippen LogP contribution in [0.5, 0.6) is 5.75 Å². The number of halogens is 2. The van der Waals surface area contributed by atoms with E-state index in [0.29, 0.717) is 13.1 Å². The maximum atomic E-state index is 10.7. The maximum Gasteiger partial charge on any atom is 0.341 e. The standard InChI is InChI=1S/C8H6Cl2O3.C4H12N2O/c1-13-7-5(10)3-2-4(9)6(7)8(11)12;5-1-2-6-3-4-7/h2-3H,1H3,(H,11,12);6-7H,1-5H2. The number of methoxy groups -OCH3 is 1. The highest BCUT2D eigenvalue weighted by Gasteiger charge is 2.17. The Balaban J connectivity index is 0.000000441. The summed E-state index contributed by atoms with van der Waals surface area (Å²) in [5.74, 6) is -1.08. The first-order chi connectivity index (χ1) is 9.49. The smallest absolute Gasteiger partial charge is 0.341 e. The van der Waals surface area contributed by atoms with Crippen LogP contribution in [0, 0.1) is 0 Å². The van der Waals surface area contributed by atoms with Crippen LogP contribution in [0.3, 0.4) is 0 Å². The summed E-state index contributed by atoms with van der Waals surface area (Å²) in [6.45, 7) is 2.28. The second kappa shape index (κ2) is 10.7. The Morgan fingerprint density at radius 3 is 2.35 bits per heavy atom. The van der Waals surface area contributed by atoms with Crippen LogP contribution in [0.4, 0.5) is 0 Å². The molecule has 114 valence electrons. The molecule has 0 saturated heterocycles. The molecule has 0 heterocycles. The molecule has 1 aromatic carbocycles. The summed E-state index contributed by atoms with van der Waals surface area (Å²) in [7, 11) is 1.34. The number of nitrogens with two attached hydrogens (primary N) is 1. The number of ether oxygens (including phenoxy) is 1. The molecule has 0 aliphatic carbocycles. The van der Waals surface area contributed by atoms with Gasteiger partial charge in [-0.25, -0.2) is 4.79 Å². The largest absolute Gasteiger partial charge is 0.494 e. The van der Waals surface area contributed by atoms with Crippen molar-refractivity contribution in [1.82, 2.24) is 5.32 Å². The van der Waals surface area contributed by atoms with Crippen LogP contribution in [0.15, 0.2) is 12.1 Å². The highest BCUT2D eigenvalue weighted by atomic mass is 35.5. The average molecular weight is 325 g/mol. The van der Waals surface area contributed by atoms with Gasteiger partial charge in [-0.3, -0.25) is 0 Å². The number of nitrogens with one attached hydrogen (secondary N) is 1. The second-order valence-electron chi connectivity index (χ2n) is 3.50. The minimum absolute atomic E-state index is 0.0849. The number of carboxylic acid groups (broad SMARTS) is 1. The van der Waals surface area contributed by atoms with Crippen LogP contribution in [0.1, 0.15) is 10.4 Å². The van der Waals surface area contributed by atoms with E-state index >= 15 is 0 Å². The molecule has 0 atom stereocenters. The molecule has 0 aliphatic rings. The van der Waals surface area contributed by atoms with Gasteiger partial charge < -0.3 is 26.0 Å². The van der Waals surface area contributed by atoms with Gasteiger partial charge in [0.1, 0.15) is 5.56 Å². The van der Waals surface area contributed by atoms with Gasteiger partial charge >= 0.3 is 5.97 Å². The molecule has 0 spiro atoms. The van der Waals surface area contributed by atoms with Crippen LogP contribution in [-0.2, 0) is 0 Å². The summed E-state index contributed by atoms with van der Waals surface area (Å²) in [4.78, 5) is 10.7. The maximum absolute atomic E-state index is 10.7. The van der Waals surface area contributed by atoms with E-state index in [1.54, 1.807) is 0 Å². The number of hydrogen-bond acceptors (Lipinski definition) is 5. The van der Waals surface area contributed by atoms with E-state index in [2.05, 4.69) is 5.32 Å². The highest BCUT2D eigenvalue weighted by Crippen LogP contribution is 2.33. The summed E-state index contributed by atoms with van der Waals surface area (Å²) in [5, 5.41) is 20.2. The molecule has 1 aromatic rings. The Morgan fingerprint density at radius 2 is 1.95 bits per heavy atom. The summed E-state index contributed by atoms with van der Waals surface area (Å²) in [5.41, 5.74) is 5.01. The molecule has 6 nitrogen and oxygen atoms in total. The Bertz CT molecular complexity index is 426. The van der Waals surface area contributed by atoms with E-state index < -0.39 is 5.97 Å². The van der Waals surface area contributed by atoms with E-state index in [1.165, 1.54) is 19.2 Å². The molecule has 1 rings (SSSR count). The second-order valence-corrected chi connectivity index (χ2v) is 4.32. The molecule has 0 saturated carbocycles. The van der Waals surface area contributed by atoms with Gasteiger partial charge in [0.2, 0.25) is 0 Å². The third kappa shape index (κ3) is 6.40. The van der Waals surface area contributed by atoms with Crippen molar-refractivity contribution in [1.29, 1.82) is 0 Å². The fraction of sp³-hybridized carbons (Fsp3) is 0.417. The molecule has 0 radical (unpaired) electrons. The van der Waals surface area contributed by atoms with Crippen molar-refractivity contribution in [2.75, 3.05) is 33.4 Å². The minimum Gasteiger partial charge on any atom is -0.494 e. The van der Waals surface area contributed by atoms with Gasteiger partial charge in [0.15, 0.2) is 5.75 Å². The topological polar surface area (TPSA) is 105 Å². The van der Waals surface area contributed by atoms with Gasteiger partial charge in [-0.1, -0.05) is 23.2 Å². The van der Waals surface area contributed by atoms with Crippen molar-refractivity contribution in [3.63, 3.8) is 0 Å². The number of aliphatic hydroxyl groups excluding tert-OH is 1. The van der Waals surface area contributed by atoms with Crippen molar-refractivity contribution < 1.29 is 19.7 Å². The van der Waals surface area contributed by atoms with Gasteiger partial charge in [0.25, 0.3) is 0 Å². The monoisotopic (exact) mass is 324 g/mol. The van der Waals surface area contributed by atoms with E-state index in [-0.39, 0.29) is 28.0 Å². The zero-order valence-electron chi connectivity index (χ0n) is 11.0. The average Bonchev–Trinajstić information content (AvgIpc) is 2.42. The number of carbonyl (C=O) groups is 1. The van der Waals surface area contributed by atoms with Gasteiger partial charge in [-0.2, -0.15) is 0 Å². The van der Waals surface area contributed by atoms with Gasteiger partial charge in [0.05, 0.1) is 23.8 Å². The molecule has 0 aromatic heterocycles. The van der Waals surface area contributed by atoms with Crippen LogP contribution in [0.2, 0.25) is 10.0 Å². The van der Waals surface area contributed by atoms with E-state index in [0.717, 1.165) is 6.54 Å². The van der Waals surface area contributed by atoms with Crippen molar-refractivity contribution in [2.24, 2.45) is 5.73 Å². The van der Waals surface area contributed by atoms with Crippen molar-refractivity contribution >= 4 is 29.2 Å². The highest BCUT2D eigenvalue weighted by molar-refractivity contribution is 6.36. The van der Waals surface area contributed by atoms with E-state index in [1.807, 2.05) is 0 Å². The van der Waals surface area contributed by atoms with Gasteiger partial charge in [0, 0.05) is 19.6 Å². The molecular formula is C12H18Cl2N2O4. The number of carboxylic acids is 1. The third-order valence-corrected chi connectivity index (χ3v) is 2.70. The van der Waals surface area contributed by atoms with Gasteiger partial charge in [-0.15, -0.1) is 0 Å². The summed E-state index contributed by atoms with van der Waals surface area (Å²) >= 11 is 11.4. The quantitative estimate of drug-likeness (QED) is 0.586. The fourth-order valence-corrected chi connectivity index (χ4v) is 1.70. The first kappa shape index (κ1) is 18.9. The number of aromatic carboxylic acids is 1. The number of hydrogen-bond donors (Lipinski definition) is 4. The van der Waals surface area contributed by atoms with E-state index in [4.69, 9.17) is 43.9 Å². The zero-order chi connectivity index (χ0) is 15.5. The first-order valence-corrected chi connectivity index (χ1v) is 6.52. The van der Waals surface area contributed by atoms with Crippen molar-refractivity contribution in [2.45, 2.75) is 0 Å². The summed E-state index contributed by atoms with van der Waals surface area (Å²) in [6.07, 6.45) is 0. The molecule has 0 unspecified atom stereocenters. The molecule has 0 amide bonds. The van der Waals surface area contributed by atoms with E-state index in [9.17, 15) is 4.79 Å². The van der Waals surface area contributed by atoms with Crippen molar-refractivity contribution in [3.8, 4) is 5.75 Å². The lowest BCUT2D eigenvalue weighted by molar-refractivity contribution is 0.0693. The summed E-state index contributed by atoms with van der Waals surface area (Å²) in [6, 6.07) is 2.89. The molecule has 5 N–H and O–H groups in total. The third-order valence-electron chi connectivity index (χ3n) is 2.09. The van der Waals surface area contributed by atoms with Crippen LogP contribution in [0.25, 0.3) is 0 Å². The minimum atomic E-state index is -1.16. The fourth-order valence-electron chi connectivity index (χ4n) is 1.24. The van der Waals surface area contributed by atoms with Gasteiger partial charge in [-0.05, 0) is 12.1 Å². The number of rotatable bonds is 6. The molecule has 8 heteroatoms. The lowest BCUT2D eigenvalue weighted by atomic mass is 10.2.